The van der Waals surface area contributed by atoms with Gasteiger partial charge < -0.3 is 0 Å². The van der Waals surface area contributed by atoms with Crippen molar-refractivity contribution < 1.29 is 4.79 Å². The van der Waals surface area contributed by atoms with Gasteiger partial charge in [-0.05, 0) is 0 Å². The van der Waals surface area contributed by atoms with Gasteiger partial charge in [-0.1, -0.05) is 0 Å². The Morgan fingerprint density at radius 3 is 2.89 bits per heavy atom. The first-order valence-corrected chi connectivity index (χ1v) is 2.59. The second-order valence-electron chi connectivity index (χ2n) is 1.42. The van der Waals surface area contributed by atoms with Crippen LogP contribution in [0.1, 0.15) is 6.92 Å². The Morgan fingerprint density at radius 1 is 1.78 bits per heavy atom. The second kappa shape index (κ2) is 5.16. The molecule has 0 fully saturated rings. The monoisotopic (exact) mass is 121 g/mol. The van der Waals surface area contributed by atoms with E-state index in [9.17, 15) is 4.79 Å². The van der Waals surface area contributed by atoms with Crippen LogP contribution < -0.4 is 0 Å². The van der Waals surface area contributed by atoms with Crippen LogP contribution in [0.15, 0.2) is 17.1 Å². The molecule has 0 aromatic heterocycles. The zero-order valence-electron chi connectivity index (χ0n) is 5.37. The van der Waals surface area contributed by atoms with Crippen molar-refractivity contribution in [1.82, 2.24) is 0 Å². The van der Waals surface area contributed by atoms with Crippen molar-refractivity contribution in [2.45, 2.75) is 6.92 Å². The molecule has 0 saturated heterocycles. The summed E-state index contributed by atoms with van der Waals surface area (Å²) in [5.74, 6) is 1.55. The average Bonchev–Trinajstić information content (AvgIpc) is 1.89. The fourth-order valence-corrected chi connectivity index (χ4v) is 0.264. The minimum atomic E-state index is 0.431. The molecular weight excluding hydrogens is 113 g/mol. The summed E-state index contributed by atoms with van der Waals surface area (Å²) in [6.45, 7) is 5.22. The van der Waals surface area contributed by atoms with Crippen molar-refractivity contribution in [3.63, 3.8) is 0 Å². The van der Waals surface area contributed by atoms with Crippen LogP contribution in [-0.2, 0) is 4.79 Å². The molecule has 0 amide bonds. The van der Waals surface area contributed by atoms with Crippen LogP contribution in [0.2, 0.25) is 0 Å². The van der Waals surface area contributed by atoms with Gasteiger partial charge >= 0.3 is 54.3 Å². The minimum absolute atomic E-state index is 0.431. The van der Waals surface area contributed by atoms with E-state index in [0.717, 1.165) is 0 Å². The molecule has 0 heterocycles. The van der Waals surface area contributed by atoms with Crippen molar-refractivity contribution in [3.8, 4) is 0 Å². The molecule has 3 heteroatoms. The molecule has 0 saturated carbocycles. The Bertz CT molecular complexity index is 160. The van der Waals surface area contributed by atoms with Crippen molar-refractivity contribution in [2.24, 2.45) is 4.90 Å². The van der Waals surface area contributed by atoms with E-state index in [1.807, 2.05) is 0 Å². The van der Waals surface area contributed by atoms with Gasteiger partial charge in [0, 0.05) is 0 Å². The van der Waals surface area contributed by atoms with E-state index < -0.39 is 0 Å². The van der Waals surface area contributed by atoms with E-state index in [0.29, 0.717) is 11.9 Å². The Hall–Kier alpha value is -0.985. The Kier molecular flexibility index (Phi) is 4.59. The summed E-state index contributed by atoms with van der Waals surface area (Å²) in [6, 6.07) is 0. The maximum absolute atomic E-state index is 9.90. The van der Waals surface area contributed by atoms with E-state index in [4.69, 9.17) is 0 Å². The van der Waals surface area contributed by atoms with Crippen LogP contribution in [-0.4, -0.2) is 25.5 Å². The molecular formula is C6H8BNO. The van der Waals surface area contributed by atoms with Gasteiger partial charge in [0.05, 0.1) is 0 Å². The molecule has 0 unspecified atom stereocenters. The zero-order valence-corrected chi connectivity index (χ0v) is 5.37. The summed E-state index contributed by atoms with van der Waals surface area (Å²) in [4.78, 5) is 13.6. The van der Waals surface area contributed by atoms with E-state index >= 15 is 0 Å². The zero-order chi connectivity index (χ0) is 7.11. The standard InChI is InChI=1S/C6H8BNO/c1-3-8-7-4-6(2)5-9/h3-5H,2H2,1H3/b8-3-. The number of carbonyl (C=O) groups is 1. The number of hydrogen-bond acceptors (Lipinski definition) is 2. The third kappa shape index (κ3) is 4.88. The number of carbonyl (C=O) groups excluding carboxylic acids is 1. The van der Waals surface area contributed by atoms with Crippen molar-refractivity contribution >= 4 is 25.5 Å². The van der Waals surface area contributed by atoms with Gasteiger partial charge in [0.25, 0.3) is 0 Å². The number of aldehydes is 1. The summed E-state index contributed by atoms with van der Waals surface area (Å²) >= 11 is 0. The summed E-state index contributed by atoms with van der Waals surface area (Å²) in [6.07, 6.45) is 2.32. The van der Waals surface area contributed by atoms with Gasteiger partial charge in [0.15, 0.2) is 0 Å². The van der Waals surface area contributed by atoms with Gasteiger partial charge in [0.2, 0.25) is 0 Å². The molecule has 0 aliphatic rings. The molecule has 0 N–H and O–H groups in total. The van der Waals surface area contributed by atoms with Crippen molar-refractivity contribution in [1.29, 1.82) is 0 Å². The molecule has 0 aromatic carbocycles. The van der Waals surface area contributed by atoms with Gasteiger partial charge in [-0.25, -0.2) is 0 Å². The fraction of sp³-hybridized carbons (Fsp3) is 0.167. The summed E-state index contributed by atoms with van der Waals surface area (Å²) in [5, 5.41) is 0. The Balaban J connectivity index is 3.70. The molecule has 46 valence electrons. The van der Waals surface area contributed by atoms with Gasteiger partial charge in [0.1, 0.15) is 0 Å². The van der Waals surface area contributed by atoms with E-state index in [1.165, 1.54) is 7.06 Å². The van der Waals surface area contributed by atoms with Crippen LogP contribution in [0, 0.1) is 0 Å². The van der Waals surface area contributed by atoms with Crippen LogP contribution in [0.5, 0.6) is 0 Å². The van der Waals surface area contributed by atoms with Crippen LogP contribution in [0.4, 0.5) is 0 Å². The van der Waals surface area contributed by atoms with Crippen molar-refractivity contribution in [2.75, 3.05) is 0 Å². The molecule has 0 aromatic rings. The summed E-state index contributed by atoms with van der Waals surface area (Å²) in [7, 11) is 1.52. The SMILES string of the molecule is C=C(C=O)/C=B\N=C/C. The topological polar surface area (TPSA) is 29.4 Å². The number of allylic oxidation sites excluding steroid dienone is 1. The molecule has 0 spiro atoms. The maximum atomic E-state index is 9.90. The molecule has 0 aliphatic heterocycles. The molecule has 0 aliphatic carbocycles. The summed E-state index contributed by atoms with van der Waals surface area (Å²) in [5.41, 5.74) is 0.431. The second-order valence-corrected chi connectivity index (χ2v) is 1.42. The number of rotatable bonds is 3. The molecule has 0 rings (SSSR count). The van der Waals surface area contributed by atoms with E-state index in [1.54, 1.807) is 19.1 Å². The number of nitrogens with zero attached hydrogens (tertiary/aromatic N) is 1. The fourth-order valence-electron chi connectivity index (χ4n) is 0.264. The molecule has 2 nitrogen and oxygen atoms in total. The van der Waals surface area contributed by atoms with E-state index in [-0.39, 0.29) is 0 Å². The normalized spacial score (nSPS) is 9.89. The van der Waals surface area contributed by atoms with E-state index in [2.05, 4.69) is 11.5 Å². The van der Waals surface area contributed by atoms with Gasteiger partial charge in [-0.15, -0.1) is 0 Å². The quantitative estimate of drug-likeness (QED) is 0.228. The average molecular weight is 121 g/mol. The third-order valence-electron chi connectivity index (χ3n) is 0.675. The molecule has 9 heavy (non-hydrogen) atoms. The summed E-state index contributed by atoms with van der Waals surface area (Å²) < 4.78 is 0. The van der Waals surface area contributed by atoms with Gasteiger partial charge in [-0.3, -0.25) is 0 Å². The molecule has 0 bridgehead atoms. The Labute approximate surface area is 55.2 Å². The van der Waals surface area contributed by atoms with Crippen LogP contribution in [0.25, 0.3) is 0 Å². The van der Waals surface area contributed by atoms with Crippen molar-refractivity contribution in [3.05, 3.63) is 12.2 Å². The number of hydrogen-bond donors (Lipinski definition) is 0. The Morgan fingerprint density at radius 2 is 2.44 bits per heavy atom. The third-order valence-corrected chi connectivity index (χ3v) is 0.675. The van der Waals surface area contributed by atoms with Gasteiger partial charge in [-0.2, -0.15) is 0 Å². The molecule has 0 radical (unpaired) electrons. The van der Waals surface area contributed by atoms with Crippen LogP contribution in [0.3, 0.4) is 0 Å². The molecule has 0 atom stereocenters. The predicted octanol–water partition coefficient (Wildman–Crippen LogP) is 0.254. The van der Waals surface area contributed by atoms with Crippen LogP contribution >= 0.6 is 0 Å². The first-order chi connectivity index (χ1) is 4.31. The predicted molar refractivity (Wildman–Crippen MR) is 41.2 cm³/mol. The first-order valence-electron chi connectivity index (χ1n) is 2.59. The first kappa shape index (κ1) is 8.01.